The number of hydrogen-bond donors (Lipinski definition) is 7. The van der Waals surface area contributed by atoms with Crippen molar-refractivity contribution in [3.05, 3.63) is 29.8 Å². The smallest absolute Gasteiger partial charge is 0.326 e. The Kier molecular flexibility index (Phi) is 9.05. The van der Waals surface area contributed by atoms with Crippen molar-refractivity contribution in [1.82, 2.24) is 16.0 Å². The fourth-order valence-electron chi connectivity index (χ4n) is 2.25. The highest BCUT2D eigenvalue weighted by molar-refractivity contribution is 5.93. The largest absolute Gasteiger partial charge is 0.508 e. The van der Waals surface area contributed by atoms with Crippen molar-refractivity contribution in [2.75, 3.05) is 13.1 Å². The number of aromatic hydroxyl groups is 1. The van der Waals surface area contributed by atoms with Crippen LogP contribution in [-0.2, 0) is 30.4 Å². The van der Waals surface area contributed by atoms with Gasteiger partial charge in [-0.25, -0.2) is 4.79 Å². The zero-order valence-electron chi connectivity index (χ0n) is 15.4. The topological polar surface area (TPSA) is 214 Å². The number of carboxylic acids is 1. The molecule has 158 valence electrons. The molecule has 1 aromatic rings. The first-order chi connectivity index (χ1) is 13.6. The van der Waals surface area contributed by atoms with E-state index in [-0.39, 0.29) is 18.7 Å². The van der Waals surface area contributed by atoms with Gasteiger partial charge in [-0.05, 0) is 17.7 Å². The van der Waals surface area contributed by atoms with Crippen LogP contribution in [0.2, 0.25) is 0 Å². The van der Waals surface area contributed by atoms with Gasteiger partial charge in [-0.15, -0.1) is 0 Å². The number of carbonyl (C=O) groups excluding carboxylic acids is 4. The van der Waals surface area contributed by atoms with Gasteiger partial charge in [-0.2, -0.15) is 0 Å². The zero-order chi connectivity index (χ0) is 22.0. The Labute approximate surface area is 165 Å². The molecule has 0 aliphatic carbocycles. The first-order valence-corrected chi connectivity index (χ1v) is 8.48. The number of rotatable bonds is 11. The van der Waals surface area contributed by atoms with Crippen molar-refractivity contribution in [1.29, 1.82) is 0 Å². The summed E-state index contributed by atoms with van der Waals surface area (Å²) in [7, 11) is 0. The Morgan fingerprint density at radius 1 is 0.966 bits per heavy atom. The highest BCUT2D eigenvalue weighted by Crippen LogP contribution is 2.11. The molecule has 4 amide bonds. The van der Waals surface area contributed by atoms with E-state index in [0.717, 1.165) is 0 Å². The summed E-state index contributed by atoms with van der Waals surface area (Å²) in [6.07, 6.45) is -0.681. The van der Waals surface area contributed by atoms with Gasteiger partial charge in [0.15, 0.2) is 0 Å². The average molecular weight is 409 g/mol. The molecule has 0 radical (unpaired) electrons. The fourth-order valence-corrected chi connectivity index (χ4v) is 2.25. The van der Waals surface area contributed by atoms with E-state index in [4.69, 9.17) is 16.6 Å². The second-order valence-corrected chi connectivity index (χ2v) is 6.04. The summed E-state index contributed by atoms with van der Waals surface area (Å²) >= 11 is 0. The van der Waals surface area contributed by atoms with Gasteiger partial charge in [0.1, 0.15) is 17.8 Å². The minimum Gasteiger partial charge on any atom is -0.508 e. The predicted molar refractivity (Wildman–Crippen MR) is 99.2 cm³/mol. The molecule has 0 aromatic heterocycles. The highest BCUT2D eigenvalue weighted by Gasteiger charge is 2.28. The van der Waals surface area contributed by atoms with Crippen LogP contribution in [0.5, 0.6) is 5.75 Å². The van der Waals surface area contributed by atoms with Gasteiger partial charge in [0.05, 0.1) is 19.5 Å². The van der Waals surface area contributed by atoms with E-state index in [9.17, 15) is 29.1 Å². The SMILES string of the molecule is NCC(=O)NCC(=O)N[C@@H](Cc1ccc(O)cc1)C(=O)N[C@@H](CC(N)=O)C(=O)O. The standard InChI is InChI=1S/C17H23N5O7/c18-7-14(25)20-8-15(26)21-11(5-9-1-3-10(23)4-2-9)16(27)22-12(17(28)29)6-13(19)24/h1-4,11-12,23H,5-8,18H2,(H2,19,24)(H,20,25)(H,21,26)(H,22,27)(H,28,29)/t11-,12-/m0/s1. The van der Waals surface area contributed by atoms with Gasteiger partial charge >= 0.3 is 5.97 Å². The predicted octanol–water partition coefficient (Wildman–Crippen LogP) is -3.06. The lowest BCUT2D eigenvalue weighted by Gasteiger charge is -2.21. The summed E-state index contributed by atoms with van der Waals surface area (Å²) in [5.74, 6) is -4.57. The van der Waals surface area contributed by atoms with Crippen molar-refractivity contribution < 1.29 is 34.2 Å². The molecule has 1 aromatic carbocycles. The molecule has 1 rings (SSSR count). The maximum atomic E-state index is 12.5. The van der Waals surface area contributed by atoms with E-state index in [1.165, 1.54) is 24.3 Å². The summed E-state index contributed by atoms with van der Waals surface area (Å²) < 4.78 is 0. The number of carbonyl (C=O) groups is 5. The Bertz CT molecular complexity index is 766. The van der Waals surface area contributed by atoms with Crippen molar-refractivity contribution in [2.24, 2.45) is 11.5 Å². The molecule has 0 saturated carbocycles. The third-order valence-corrected chi connectivity index (χ3v) is 3.68. The molecule has 12 heteroatoms. The number of primary amides is 1. The molecular formula is C17H23N5O7. The van der Waals surface area contributed by atoms with Crippen LogP contribution in [0.4, 0.5) is 0 Å². The number of carboxylic acid groups (broad SMARTS) is 1. The van der Waals surface area contributed by atoms with Gasteiger partial charge in [0.25, 0.3) is 0 Å². The van der Waals surface area contributed by atoms with E-state index in [1.807, 2.05) is 0 Å². The monoisotopic (exact) mass is 409 g/mol. The first-order valence-electron chi connectivity index (χ1n) is 8.48. The van der Waals surface area contributed by atoms with Crippen molar-refractivity contribution >= 4 is 29.6 Å². The Hall–Kier alpha value is -3.67. The molecule has 0 aliphatic heterocycles. The molecule has 0 fully saturated rings. The molecular weight excluding hydrogens is 386 g/mol. The third kappa shape index (κ3) is 8.71. The second kappa shape index (κ2) is 11.2. The molecule has 29 heavy (non-hydrogen) atoms. The maximum Gasteiger partial charge on any atom is 0.326 e. The van der Waals surface area contributed by atoms with Gasteiger partial charge in [-0.1, -0.05) is 12.1 Å². The van der Waals surface area contributed by atoms with Gasteiger partial charge < -0.3 is 37.6 Å². The number of phenolic OH excluding ortho intramolecular Hbond substituents is 1. The third-order valence-electron chi connectivity index (χ3n) is 3.68. The molecule has 9 N–H and O–H groups in total. The summed E-state index contributed by atoms with van der Waals surface area (Å²) in [4.78, 5) is 58.0. The van der Waals surface area contributed by atoms with E-state index in [1.54, 1.807) is 0 Å². The molecule has 2 atom stereocenters. The molecule has 12 nitrogen and oxygen atoms in total. The normalized spacial score (nSPS) is 12.3. The number of hydrogen-bond acceptors (Lipinski definition) is 7. The summed E-state index contributed by atoms with van der Waals surface area (Å²) in [6, 6.07) is 2.97. The van der Waals surface area contributed by atoms with E-state index >= 15 is 0 Å². The van der Waals surface area contributed by atoms with E-state index < -0.39 is 54.6 Å². The van der Waals surface area contributed by atoms with Crippen LogP contribution in [0.15, 0.2) is 24.3 Å². The Morgan fingerprint density at radius 3 is 2.10 bits per heavy atom. The fraction of sp³-hybridized carbons (Fsp3) is 0.353. The van der Waals surface area contributed by atoms with Crippen LogP contribution in [0.25, 0.3) is 0 Å². The second-order valence-electron chi connectivity index (χ2n) is 6.04. The van der Waals surface area contributed by atoms with Crippen LogP contribution in [-0.4, -0.2) is 65.0 Å². The van der Waals surface area contributed by atoms with Crippen LogP contribution in [0.1, 0.15) is 12.0 Å². The Morgan fingerprint density at radius 2 is 1.59 bits per heavy atom. The van der Waals surface area contributed by atoms with Crippen LogP contribution in [0.3, 0.4) is 0 Å². The zero-order valence-corrected chi connectivity index (χ0v) is 15.4. The van der Waals surface area contributed by atoms with Crippen molar-refractivity contribution in [2.45, 2.75) is 24.9 Å². The lowest BCUT2D eigenvalue weighted by Crippen LogP contribution is -2.54. The van der Waals surface area contributed by atoms with Gasteiger partial charge in [0, 0.05) is 6.42 Å². The number of phenols is 1. The molecule has 0 bridgehead atoms. The van der Waals surface area contributed by atoms with Crippen molar-refractivity contribution in [3.63, 3.8) is 0 Å². The van der Waals surface area contributed by atoms with E-state index in [2.05, 4.69) is 16.0 Å². The number of nitrogens with two attached hydrogens (primary N) is 2. The lowest BCUT2D eigenvalue weighted by atomic mass is 10.0. The van der Waals surface area contributed by atoms with Crippen molar-refractivity contribution in [3.8, 4) is 5.75 Å². The van der Waals surface area contributed by atoms with Gasteiger partial charge in [0.2, 0.25) is 23.6 Å². The molecule has 0 heterocycles. The lowest BCUT2D eigenvalue weighted by molar-refractivity contribution is -0.143. The minimum absolute atomic E-state index is 0.00400. The molecule has 0 unspecified atom stereocenters. The highest BCUT2D eigenvalue weighted by atomic mass is 16.4. The van der Waals surface area contributed by atoms with Gasteiger partial charge in [-0.3, -0.25) is 19.2 Å². The quantitative estimate of drug-likeness (QED) is 0.199. The molecule has 0 spiro atoms. The van der Waals surface area contributed by atoms with E-state index in [0.29, 0.717) is 5.56 Å². The van der Waals surface area contributed by atoms with Crippen LogP contribution < -0.4 is 27.4 Å². The number of benzene rings is 1. The van der Waals surface area contributed by atoms with Crippen LogP contribution >= 0.6 is 0 Å². The summed E-state index contributed by atoms with van der Waals surface area (Å²) in [6.45, 7) is -0.767. The molecule has 0 saturated heterocycles. The first kappa shape index (κ1) is 23.4. The Balaban J connectivity index is 2.92. The minimum atomic E-state index is -1.57. The number of amides is 4. The molecule has 0 aliphatic rings. The number of aliphatic carboxylic acids is 1. The van der Waals surface area contributed by atoms with Crippen LogP contribution in [0, 0.1) is 0 Å². The average Bonchev–Trinajstić information content (AvgIpc) is 2.66. The maximum absolute atomic E-state index is 12.5. The summed E-state index contributed by atoms with van der Waals surface area (Å²) in [5, 5.41) is 25.2. The summed E-state index contributed by atoms with van der Waals surface area (Å²) in [5.41, 5.74) is 10.7. The number of nitrogens with one attached hydrogen (secondary N) is 3.